The molecule has 0 bridgehead atoms. The molecule has 0 aliphatic rings. The molecule has 2 aromatic carbocycles. The second-order valence-corrected chi connectivity index (χ2v) is 3.93. The molecule has 0 saturated heterocycles. The molecule has 4 heteroatoms. The minimum Gasteiger partial charge on any atom is -0.497 e. The molecule has 100 valence electrons. The van der Waals surface area contributed by atoms with Crippen LogP contribution in [0.1, 0.15) is 5.56 Å². The number of hydrogen-bond acceptors (Lipinski definition) is 3. The van der Waals surface area contributed by atoms with Crippen molar-refractivity contribution >= 4 is 0 Å². The summed E-state index contributed by atoms with van der Waals surface area (Å²) in [5.41, 5.74) is 0.745. The van der Waals surface area contributed by atoms with Crippen LogP contribution in [0.3, 0.4) is 0 Å². The molecule has 2 aromatic rings. The maximum absolute atomic E-state index is 13.5. The fraction of sp³-hybridized carbons (Fsp3) is 0.200. The highest BCUT2D eigenvalue weighted by atomic mass is 19.1. The summed E-state index contributed by atoms with van der Waals surface area (Å²) in [4.78, 5) is 0. The van der Waals surface area contributed by atoms with Gasteiger partial charge in [-0.25, -0.2) is 4.39 Å². The molecule has 0 atom stereocenters. The Balaban J connectivity index is 1.99. The fourth-order valence-corrected chi connectivity index (χ4v) is 1.64. The van der Waals surface area contributed by atoms with E-state index < -0.39 is 5.82 Å². The average molecular weight is 262 g/mol. The van der Waals surface area contributed by atoms with E-state index in [1.54, 1.807) is 31.4 Å². The molecule has 0 fully saturated rings. The largest absolute Gasteiger partial charge is 0.497 e. The summed E-state index contributed by atoms with van der Waals surface area (Å²) in [7, 11) is 3.04. The highest BCUT2D eigenvalue weighted by molar-refractivity contribution is 5.32. The maximum Gasteiger partial charge on any atom is 0.165 e. The van der Waals surface area contributed by atoms with Gasteiger partial charge in [0.05, 0.1) is 14.2 Å². The van der Waals surface area contributed by atoms with E-state index in [-0.39, 0.29) is 5.75 Å². The zero-order valence-electron chi connectivity index (χ0n) is 10.9. The van der Waals surface area contributed by atoms with E-state index in [1.807, 2.05) is 12.1 Å². The van der Waals surface area contributed by atoms with Gasteiger partial charge >= 0.3 is 0 Å². The molecule has 0 amide bonds. The van der Waals surface area contributed by atoms with Crippen LogP contribution in [0, 0.1) is 5.82 Å². The van der Waals surface area contributed by atoms with E-state index in [0.717, 1.165) is 11.3 Å². The van der Waals surface area contributed by atoms with Gasteiger partial charge in [-0.05, 0) is 42.0 Å². The standard InChI is InChI=1S/C15H15FO3/c1-17-12-4-6-13(7-5-12)19-10-11-3-8-15(18-2)14(16)9-11/h3-9H,10H2,1-2H3. The van der Waals surface area contributed by atoms with Crippen LogP contribution in [-0.2, 0) is 6.61 Å². The third-order valence-corrected chi connectivity index (χ3v) is 2.68. The van der Waals surface area contributed by atoms with Crippen molar-refractivity contribution in [3.05, 3.63) is 53.8 Å². The molecule has 0 aromatic heterocycles. The van der Waals surface area contributed by atoms with Crippen molar-refractivity contribution in [1.29, 1.82) is 0 Å². The van der Waals surface area contributed by atoms with Crippen LogP contribution in [0.2, 0.25) is 0 Å². The average Bonchev–Trinajstić information content (AvgIpc) is 2.46. The second kappa shape index (κ2) is 6.09. The topological polar surface area (TPSA) is 27.7 Å². The molecule has 19 heavy (non-hydrogen) atoms. The Hall–Kier alpha value is -2.23. The van der Waals surface area contributed by atoms with Crippen LogP contribution in [0.5, 0.6) is 17.2 Å². The zero-order chi connectivity index (χ0) is 13.7. The van der Waals surface area contributed by atoms with Gasteiger partial charge in [-0.15, -0.1) is 0 Å². The number of halogens is 1. The van der Waals surface area contributed by atoms with E-state index in [2.05, 4.69) is 0 Å². The van der Waals surface area contributed by atoms with Crippen molar-refractivity contribution in [1.82, 2.24) is 0 Å². The minimum atomic E-state index is -0.390. The third kappa shape index (κ3) is 3.37. The molecular formula is C15H15FO3. The van der Waals surface area contributed by atoms with Crippen molar-refractivity contribution in [2.45, 2.75) is 6.61 Å². The van der Waals surface area contributed by atoms with Gasteiger partial charge < -0.3 is 14.2 Å². The summed E-state index contributed by atoms with van der Waals surface area (Å²) < 4.78 is 28.9. The SMILES string of the molecule is COc1ccc(OCc2ccc(OC)c(F)c2)cc1. The Bertz CT molecular complexity index is 538. The second-order valence-electron chi connectivity index (χ2n) is 3.93. The monoisotopic (exact) mass is 262 g/mol. The predicted molar refractivity (Wildman–Crippen MR) is 70.3 cm³/mol. The first-order valence-electron chi connectivity index (χ1n) is 5.82. The molecule has 0 unspecified atom stereocenters. The summed E-state index contributed by atoms with van der Waals surface area (Å²) in [6, 6.07) is 12.0. The highest BCUT2D eigenvalue weighted by Gasteiger charge is 2.04. The first-order valence-corrected chi connectivity index (χ1v) is 5.82. The lowest BCUT2D eigenvalue weighted by Gasteiger charge is -2.08. The molecule has 0 aliphatic carbocycles. The lowest BCUT2D eigenvalue weighted by atomic mass is 10.2. The van der Waals surface area contributed by atoms with E-state index in [9.17, 15) is 4.39 Å². The van der Waals surface area contributed by atoms with Crippen LogP contribution < -0.4 is 14.2 Å². The summed E-state index contributed by atoms with van der Waals surface area (Å²) in [6.45, 7) is 0.299. The number of benzene rings is 2. The molecule has 0 heterocycles. The predicted octanol–water partition coefficient (Wildman–Crippen LogP) is 3.42. The summed E-state index contributed by atoms with van der Waals surface area (Å²) >= 11 is 0. The Morgan fingerprint density at radius 3 is 2.16 bits per heavy atom. The molecule has 3 nitrogen and oxygen atoms in total. The normalized spacial score (nSPS) is 10.1. The van der Waals surface area contributed by atoms with Crippen molar-refractivity contribution in [2.75, 3.05) is 14.2 Å². The lowest BCUT2D eigenvalue weighted by molar-refractivity contribution is 0.304. The smallest absolute Gasteiger partial charge is 0.165 e. The first-order chi connectivity index (χ1) is 9.22. The van der Waals surface area contributed by atoms with Crippen LogP contribution in [-0.4, -0.2) is 14.2 Å². The lowest BCUT2D eigenvalue weighted by Crippen LogP contribution is -1.97. The maximum atomic E-state index is 13.5. The quantitative estimate of drug-likeness (QED) is 0.826. The summed E-state index contributed by atoms with van der Waals surface area (Å²) in [6.07, 6.45) is 0. The van der Waals surface area contributed by atoms with Crippen LogP contribution in [0.4, 0.5) is 4.39 Å². The van der Waals surface area contributed by atoms with Gasteiger partial charge in [0.1, 0.15) is 18.1 Å². The van der Waals surface area contributed by atoms with Gasteiger partial charge in [0.15, 0.2) is 11.6 Å². The summed E-state index contributed by atoms with van der Waals surface area (Å²) in [5.74, 6) is 1.31. The molecule has 0 radical (unpaired) electrons. The number of methoxy groups -OCH3 is 2. The number of rotatable bonds is 5. The molecule has 2 rings (SSSR count). The van der Waals surface area contributed by atoms with E-state index in [0.29, 0.717) is 12.4 Å². The van der Waals surface area contributed by atoms with Crippen molar-refractivity contribution < 1.29 is 18.6 Å². The highest BCUT2D eigenvalue weighted by Crippen LogP contribution is 2.21. The van der Waals surface area contributed by atoms with Crippen LogP contribution >= 0.6 is 0 Å². The summed E-state index contributed by atoms with van der Waals surface area (Å²) in [5, 5.41) is 0. The van der Waals surface area contributed by atoms with Crippen LogP contribution in [0.15, 0.2) is 42.5 Å². The molecular weight excluding hydrogens is 247 g/mol. The number of hydrogen-bond donors (Lipinski definition) is 0. The third-order valence-electron chi connectivity index (χ3n) is 2.68. The van der Waals surface area contributed by atoms with Gasteiger partial charge in [0.2, 0.25) is 0 Å². The Labute approximate surface area is 111 Å². The van der Waals surface area contributed by atoms with Gasteiger partial charge in [-0.3, -0.25) is 0 Å². The fourth-order valence-electron chi connectivity index (χ4n) is 1.64. The van der Waals surface area contributed by atoms with E-state index in [4.69, 9.17) is 14.2 Å². The number of ether oxygens (including phenoxy) is 3. The zero-order valence-corrected chi connectivity index (χ0v) is 10.9. The van der Waals surface area contributed by atoms with Crippen LogP contribution in [0.25, 0.3) is 0 Å². The molecule has 0 saturated carbocycles. The minimum absolute atomic E-state index is 0.230. The van der Waals surface area contributed by atoms with Gasteiger partial charge in [-0.1, -0.05) is 6.07 Å². The van der Waals surface area contributed by atoms with E-state index in [1.165, 1.54) is 13.2 Å². The molecule has 0 N–H and O–H groups in total. The van der Waals surface area contributed by atoms with Gasteiger partial charge in [0.25, 0.3) is 0 Å². The first kappa shape index (κ1) is 13.2. The van der Waals surface area contributed by atoms with E-state index >= 15 is 0 Å². The van der Waals surface area contributed by atoms with Gasteiger partial charge in [-0.2, -0.15) is 0 Å². The van der Waals surface area contributed by atoms with Gasteiger partial charge in [0, 0.05) is 0 Å². The van der Waals surface area contributed by atoms with Crippen molar-refractivity contribution in [3.8, 4) is 17.2 Å². The van der Waals surface area contributed by atoms with Crippen molar-refractivity contribution in [2.24, 2.45) is 0 Å². The Kier molecular flexibility index (Phi) is 4.23. The molecule has 0 aliphatic heterocycles. The van der Waals surface area contributed by atoms with Crippen molar-refractivity contribution in [3.63, 3.8) is 0 Å². The Morgan fingerprint density at radius 2 is 1.58 bits per heavy atom. The molecule has 0 spiro atoms. The Morgan fingerprint density at radius 1 is 0.895 bits per heavy atom.